The van der Waals surface area contributed by atoms with E-state index in [0.29, 0.717) is 4.47 Å². The van der Waals surface area contributed by atoms with E-state index in [4.69, 9.17) is 0 Å². The van der Waals surface area contributed by atoms with Gasteiger partial charge in [-0.15, -0.1) is 0 Å². The standard InChI is InChI=1S/C13H9BrF2O2S/c14-10-6-5-9(12(16)7-10)8-19(17,18)13-4-2-1-3-11(13)15/h1-7H,8H2. The molecule has 2 rings (SSSR count). The molecule has 2 aromatic carbocycles. The van der Waals surface area contributed by atoms with Crippen LogP contribution in [-0.4, -0.2) is 8.42 Å². The van der Waals surface area contributed by atoms with Crippen LogP contribution in [0.5, 0.6) is 0 Å². The summed E-state index contributed by atoms with van der Waals surface area (Å²) in [6, 6.07) is 9.12. The molecule has 0 saturated carbocycles. The summed E-state index contributed by atoms with van der Waals surface area (Å²) >= 11 is 3.08. The third-order valence-electron chi connectivity index (χ3n) is 2.53. The van der Waals surface area contributed by atoms with E-state index < -0.39 is 32.1 Å². The van der Waals surface area contributed by atoms with Crippen LogP contribution >= 0.6 is 15.9 Å². The lowest BCUT2D eigenvalue weighted by Crippen LogP contribution is -2.08. The molecule has 0 fully saturated rings. The van der Waals surface area contributed by atoms with Crippen LogP contribution in [0.4, 0.5) is 8.78 Å². The van der Waals surface area contributed by atoms with E-state index in [1.807, 2.05) is 0 Å². The molecule has 0 atom stereocenters. The van der Waals surface area contributed by atoms with Crippen molar-refractivity contribution in [1.29, 1.82) is 0 Å². The molecule has 0 spiro atoms. The summed E-state index contributed by atoms with van der Waals surface area (Å²) in [5.41, 5.74) is 0.00598. The van der Waals surface area contributed by atoms with Gasteiger partial charge in [0.05, 0.1) is 5.75 Å². The van der Waals surface area contributed by atoms with Gasteiger partial charge < -0.3 is 0 Å². The van der Waals surface area contributed by atoms with Gasteiger partial charge >= 0.3 is 0 Å². The molecule has 6 heteroatoms. The normalized spacial score (nSPS) is 11.5. The quantitative estimate of drug-likeness (QED) is 0.849. The minimum Gasteiger partial charge on any atom is -0.223 e. The second-order valence-electron chi connectivity index (χ2n) is 3.93. The first kappa shape index (κ1) is 14.1. The molecular weight excluding hydrogens is 338 g/mol. The summed E-state index contributed by atoms with van der Waals surface area (Å²) in [5.74, 6) is -2.05. The zero-order valence-electron chi connectivity index (χ0n) is 9.61. The predicted molar refractivity (Wildman–Crippen MR) is 71.4 cm³/mol. The molecule has 0 saturated heterocycles. The third-order valence-corrected chi connectivity index (χ3v) is 4.72. The molecule has 0 bridgehead atoms. The number of benzene rings is 2. The van der Waals surface area contributed by atoms with Crippen LogP contribution in [0.15, 0.2) is 51.8 Å². The van der Waals surface area contributed by atoms with Gasteiger partial charge in [0.15, 0.2) is 9.84 Å². The van der Waals surface area contributed by atoms with Crippen molar-refractivity contribution in [3.63, 3.8) is 0 Å². The van der Waals surface area contributed by atoms with E-state index in [2.05, 4.69) is 15.9 Å². The van der Waals surface area contributed by atoms with Gasteiger partial charge in [-0.1, -0.05) is 34.1 Å². The molecule has 100 valence electrons. The molecule has 0 aliphatic carbocycles. The van der Waals surface area contributed by atoms with Crippen molar-refractivity contribution in [2.45, 2.75) is 10.6 Å². The van der Waals surface area contributed by atoms with Gasteiger partial charge in [-0.3, -0.25) is 0 Å². The summed E-state index contributed by atoms with van der Waals surface area (Å²) in [6.07, 6.45) is 0. The average Bonchev–Trinajstić information content (AvgIpc) is 2.33. The number of hydrogen-bond acceptors (Lipinski definition) is 2. The maximum atomic E-state index is 13.6. The monoisotopic (exact) mass is 346 g/mol. The van der Waals surface area contributed by atoms with Gasteiger partial charge in [0.2, 0.25) is 0 Å². The highest BCUT2D eigenvalue weighted by Gasteiger charge is 2.21. The lowest BCUT2D eigenvalue weighted by Gasteiger charge is -2.07. The summed E-state index contributed by atoms with van der Waals surface area (Å²) in [4.78, 5) is -0.419. The van der Waals surface area contributed by atoms with Crippen molar-refractivity contribution in [2.24, 2.45) is 0 Å². The van der Waals surface area contributed by atoms with Crippen molar-refractivity contribution in [1.82, 2.24) is 0 Å². The molecule has 0 unspecified atom stereocenters. The molecule has 0 amide bonds. The fourth-order valence-corrected chi connectivity index (χ4v) is 3.40. The smallest absolute Gasteiger partial charge is 0.185 e. The second-order valence-corrected chi connectivity index (χ2v) is 6.80. The van der Waals surface area contributed by atoms with E-state index in [-0.39, 0.29) is 5.56 Å². The summed E-state index contributed by atoms with van der Waals surface area (Å²) in [5, 5.41) is 0. The maximum Gasteiger partial charge on any atom is 0.185 e. The van der Waals surface area contributed by atoms with E-state index in [1.165, 1.54) is 36.4 Å². The summed E-state index contributed by atoms with van der Waals surface area (Å²) in [7, 11) is -3.91. The Kier molecular flexibility index (Phi) is 4.01. The highest BCUT2D eigenvalue weighted by atomic mass is 79.9. The lowest BCUT2D eigenvalue weighted by atomic mass is 10.2. The van der Waals surface area contributed by atoms with Gasteiger partial charge in [-0.05, 0) is 24.3 Å². The Bertz CT molecular complexity index is 714. The zero-order chi connectivity index (χ0) is 14.0. The van der Waals surface area contributed by atoms with Crippen LogP contribution in [0, 0.1) is 11.6 Å². The highest BCUT2D eigenvalue weighted by molar-refractivity contribution is 9.10. The number of rotatable bonds is 3. The van der Waals surface area contributed by atoms with Gasteiger partial charge in [0, 0.05) is 10.0 Å². The number of sulfone groups is 1. The first-order valence-electron chi connectivity index (χ1n) is 5.31. The molecule has 0 aromatic heterocycles. The van der Waals surface area contributed by atoms with Crippen molar-refractivity contribution < 1.29 is 17.2 Å². The summed E-state index contributed by atoms with van der Waals surface area (Å²) < 4.78 is 51.7. The number of halogens is 3. The van der Waals surface area contributed by atoms with Crippen LogP contribution < -0.4 is 0 Å². The molecule has 0 heterocycles. The predicted octanol–water partition coefficient (Wildman–Crippen LogP) is 3.70. The van der Waals surface area contributed by atoms with Crippen molar-refractivity contribution in [3.8, 4) is 0 Å². The van der Waals surface area contributed by atoms with Crippen molar-refractivity contribution in [2.75, 3.05) is 0 Å². The Labute approximate surface area is 118 Å². The maximum absolute atomic E-state index is 13.6. The van der Waals surface area contributed by atoms with E-state index in [1.54, 1.807) is 0 Å². The lowest BCUT2D eigenvalue weighted by molar-refractivity contribution is 0.563. The second kappa shape index (κ2) is 5.38. The SMILES string of the molecule is O=S(=O)(Cc1ccc(Br)cc1F)c1ccccc1F. The van der Waals surface area contributed by atoms with Crippen LogP contribution in [0.1, 0.15) is 5.56 Å². The molecule has 19 heavy (non-hydrogen) atoms. The van der Waals surface area contributed by atoms with Crippen LogP contribution in [0.25, 0.3) is 0 Å². The van der Waals surface area contributed by atoms with Gasteiger partial charge in [0.25, 0.3) is 0 Å². The Morgan fingerprint density at radius 1 is 1.00 bits per heavy atom. The Morgan fingerprint density at radius 3 is 2.32 bits per heavy atom. The summed E-state index contributed by atoms with van der Waals surface area (Å²) in [6.45, 7) is 0. The molecule has 0 N–H and O–H groups in total. The molecule has 0 radical (unpaired) electrons. The van der Waals surface area contributed by atoms with Gasteiger partial charge in [-0.25, -0.2) is 17.2 Å². The molecule has 2 aromatic rings. The van der Waals surface area contributed by atoms with Gasteiger partial charge in [-0.2, -0.15) is 0 Å². The van der Waals surface area contributed by atoms with Crippen LogP contribution in [-0.2, 0) is 15.6 Å². The van der Waals surface area contributed by atoms with Crippen molar-refractivity contribution in [3.05, 3.63) is 64.1 Å². The molecule has 0 aliphatic heterocycles. The van der Waals surface area contributed by atoms with Crippen LogP contribution in [0.2, 0.25) is 0 Å². The molecule has 0 aliphatic rings. The Hall–Kier alpha value is -1.27. The highest BCUT2D eigenvalue weighted by Crippen LogP contribution is 2.22. The largest absolute Gasteiger partial charge is 0.223 e. The minimum atomic E-state index is -3.91. The fraction of sp³-hybridized carbons (Fsp3) is 0.0769. The Morgan fingerprint density at radius 2 is 1.68 bits per heavy atom. The molecular formula is C13H9BrF2O2S. The third kappa shape index (κ3) is 3.19. The minimum absolute atomic E-state index is 0.00598. The zero-order valence-corrected chi connectivity index (χ0v) is 12.0. The first-order chi connectivity index (χ1) is 8.90. The fourth-order valence-electron chi connectivity index (χ4n) is 1.62. The molecule has 2 nitrogen and oxygen atoms in total. The van der Waals surface area contributed by atoms with Gasteiger partial charge in [0.1, 0.15) is 16.5 Å². The van der Waals surface area contributed by atoms with Crippen molar-refractivity contribution >= 4 is 25.8 Å². The Balaban J connectivity index is 2.40. The average molecular weight is 347 g/mol. The van der Waals surface area contributed by atoms with E-state index >= 15 is 0 Å². The van der Waals surface area contributed by atoms with Crippen LogP contribution in [0.3, 0.4) is 0 Å². The topological polar surface area (TPSA) is 34.1 Å². The number of hydrogen-bond donors (Lipinski definition) is 0. The first-order valence-corrected chi connectivity index (χ1v) is 7.76. The van der Waals surface area contributed by atoms with E-state index in [9.17, 15) is 17.2 Å². The van der Waals surface area contributed by atoms with E-state index in [0.717, 1.165) is 6.07 Å².